The molecular formula is C14H22N2O3S. The Morgan fingerprint density at radius 2 is 2.05 bits per heavy atom. The molecule has 2 unspecified atom stereocenters. The third-order valence-corrected chi connectivity index (χ3v) is 4.07. The van der Waals surface area contributed by atoms with E-state index in [1.807, 2.05) is 31.4 Å². The zero-order valence-corrected chi connectivity index (χ0v) is 13.1. The van der Waals surface area contributed by atoms with Gasteiger partial charge in [0.2, 0.25) is 0 Å². The molecule has 0 aliphatic heterocycles. The van der Waals surface area contributed by atoms with Gasteiger partial charge in [-0.1, -0.05) is 26.8 Å². The molecule has 0 aromatic carbocycles. The van der Waals surface area contributed by atoms with Crippen LogP contribution in [0.25, 0.3) is 0 Å². The number of carbonyl (C=O) groups excluding carboxylic acids is 1. The van der Waals surface area contributed by atoms with Crippen molar-refractivity contribution in [2.24, 2.45) is 11.8 Å². The Morgan fingerprint density at radius 1 is 1.40 bits per heavy atom. The predicted molar refractivity (Wildman–Crippen MR) is 79.9 cm³/mol. The summed E-state index contributed by atoms with van der Waals surface area (Å²) in [7, 11) is 1.61. The second kappa shape index (κ2) is 7.28. The summed E-state index contributed by atoms with van der Waals surface area (Å²) in [5.41, 5.74) is 0. The summed E-state index contributed by atoms with van der Waals surface area (Å²) >= 11 is 1.60. The van der Waals surface area contributed by atoms with E-state index in [0.29, 0.717) is 0 Å². The minimum absolute atomic E-state index is 0.0508. The highest BCUT2D eigenvalue weighted by atomic mass is 32.1. The second-order valence-corrected chi connectivity index (χ2v) is 6.29. The maximum Gasteiger partial charge on any atom is 0.317 e. The van der Waals surface area contributed by atoms with Gasteiger partial charge >= 0.3 is 12.0 Å². The van der Waals surface area contributed by atoms with Crippen LogP contribution in [0.2, 0.25) is 0 Å². The Kier molecular flexibility index (Phi) is 6.01. The van der Waals surface area contributed by atoms with Crippen LogP contribution in [0.3, 0.4) is 0 Å². The molecule has 1 rings (SSSR count). The van der Waals surface area contributed by atoms with E-state index in [-0.39, 0.29) is 24.5 Å². The lowest BCUT2D eigenvalue weighted by atomic mass is 10.0. The summed E-state index contributed by atoms with van der Waals surface area (Å²) in [4.78, 5) is 25.5. The van der Waals surface area contributed by atoms with E-state index in [4.69, 9.17) is 5.11 Å². The number of urea groups is 1. The van der Waals surface area contributed by atoms with Crippen LogP contribution in [0.4, 0.5) is 4.79 Å². The number of nitrogens with zero attached hydrogens (tertiary/aromatic N) is 1. The van der Waals surface area contributed by atoms with Crippen molar-refractivity contribution in [3.63, 3.8) is 0 Å². The topological polar surface area (TPSA) is 69.6 Å². The van der Waals surface area contributed by atoms with E-state index in [1.54, 1.807) is 25.3 Å². The number of aliphatic carboxylic acids is 1. The first-order valence-corrected chi connectivity index (χ1v) is 7.48. The van der Waals surface area contributed by atoms with Crippen molar-refractivity contribution >= 4 is 23.3 Å². The molecule has 112 valence electrons. The van der Waals surface area contributed by atoms with Crippen molar-refractivity contribution in [3.05, 3.63) is 22.4 Å². The molecule has 5 nitrogen and oxygen atoms in total. The van der Waals surface area contributed by atoms with Crippen LogP contribution in [-0.2, 0) is 4.79 Å². The first kappa shape index (κ1) is 16.5. The number of carboxylic acid groups (broad SMARTS) is 1. The highest BCUT2D eigenvalue weighted by Gasteiger charge is 2.23. The zero-order valence-electron chi connectivity index (χ0n) is 12.3. The van der Waals surface area contributed by atoms with Gasteiger partial charge in [0.25, 0.3) is 0 Å². The molecule has 2 amide bonds. The molecule has 0 saturated carbocycles. The fraction of sp³-hybridized carbons (Fsp3) is 0.571. The fourth-order valence-corrected chi connectivity index (χ4v) is 2.80. The van der Waals surface area contributed by atoms with Gasteiger partial charge in [-0.2, -0.15) is 0 Å². The maximum atomic E-state index is 12.1. The molecule has 1 aromatic heterocycles. The van der Waals surface area contributed by atoms with Gasteiger partial charge in [0.05, 0.1) is 12.0 Å². The Bertz CT molecular complexity index is 445. The van der Waals surface area contributed by atoms with Gasteiger partial charge in [0, 0.05) is 18.5 Å². The number of hydrogen-bond acceptors (Lipinski definition) is 3. The summed E-state index contributed by atoms with van der Waals surface area (Å²) in [6.45, 7) is 5.87. The molecule has 2 atom stereocenters. The van der Waals surface area contributed by atoms with E-state index in [0.717, 1.165) is 4.88 Å². The van der Waals surface area contributed by atoms with E-state index in [1.165, 1.54) is 4.90 Å². The van der Waals surface area contributed by atoms with Crippen molar-refractivity contribution in [3.8, 4) is 0 Å². The quantitative estimate of drug-likeness (QED) is 0.848. The van der Waals surface area contributed by atoms with Crippen molar-refractivity contribution in [2.75, 3.05) is 13.6 Å². The Balaban J connectivity index is 2.65. The first-order valence-electron chi connectivity index (χ1n) is 6.60. The highest BCUT2D eigenvalue weighted by Crippen LogP contribution is 2.25. The predicted octanol–water partition coefficient (Wildman–Crippen LogP) is 2.81. The van der Waals surface area contributed by atoms with Gasteiger partial charge in [-0.3, -0.25) is 4.79 Å². The maximum absolute atomic E-state index is 12.1. The molecule has 0 fully saturated rings. The lowest BCUT2D eigenvalue weighted by Crippen LogP contribution is -2.43. The molecule has 0 bridgehead atoms. The Morgan fingerprint density at radius 3 is 2.50 bits per heavy atom. The third kappa shape index (κ3) is 4.52. The molecule has 6 heteroatoms. The fourth-order valence-electron chi connectivity index (χ4n) is 1.85. The molecule has 0 saturated heterocycles. The highest BCUT2D eigenvalue weighted by molar-refractivity contribution is 7.10. The van der Waals surface area contributed by atoms with Crippen molar-refractivity contribution in [1.29, 1.82) is 0 Å². The van der Waals surface area contributed by atoms with E-state index >= 15 is 0 Å². The normalized spacial score (nSPS) is 13.8. The molecule has 1 aromatic rings. The van der Waals surface area contributed by atoms with Crippen LogP contribution >= 0.6 is 11.3 Å². The standard InChI is InChI=1S/C14H22N2O3S/c1-9(2)12(11-6-5-7-20-11)15-14(19)16(4)8-10(3)13(17)18/h5-7,9-10,12H,8H2,1-4H3,(H,15,19)(H,17,18). The SMILES string of the molecule is CC(CN(C)C(=O)NC(c1cccs1)C(C)C)C(=O)O. The molecule has 1 heterocycles. The smallest absolute Gasteiger partial charge is 0.317 e. The summed E-state index contributed by atoms with van der Waals surface area (Å²) < 4.78 is 0. The van der Waals surface area contributed by atoms with Crippen molar-refractivity contribution in [2.45, 2.75) is 26.8 Å². The van der Waals surface area contributed by atoms with Crippen LogP contribution < -0.4 is 5.32 Å². The van der Waals surface area contributed by atoms with E-state index < -0.39 is 11.9 Å². The Hall–Kier alpha value is -1.56. The molecule has 20 heavy (non-hydrogen) atoms. The van der Waals surface area contributed by atoms with E-state index in [9.17, 15) is 9.59 Å². The number of carboxylic acids is 1. The molecular weight excluding hydrogens is 276 g/mol. The van der Waals surface area contributed by atoms with Crippen molar-refractivity contribution < 1.29 is 14.7 Å². The summed E-state index contributed by atoms with van der Waals surface area (Å²) in [5.74, 6) is -1.21. The zero-order chi connectivity index (χ0) is 15.3. The van der Waals surface area contributed by atoms with E-state index in [2.05, 4.69) is 5.32 Å². The number of rotatable bonds is 6. The molecule has 0 aliphatic carbocycles. The number of hydrogen-bond donors (Lipinski definition) is 2. The monoisotopic (exact) mass is 298 g/mol. The molecule has 0 radical (unpaired) electrons. The number of nitrogens with one attached hydrogen (secondary N) is 1. The van der Waals surface area contributed by atoms with Gasteiger partial charge in [-0.25, -0.2) is 4.79 Å². The minimum atomic E-state index is -0.900. The second-order valence-electron chi connectivity index (χ2n) is 5.31. The van der Waals surface area contributed by atoms with Crippen LogP contribution in [0.1, 0.15) is 31.7 Å². The van der Waals surface area contributed by atoms with Gasteiger partial charge < -0.3 is 15.3 Å². The van der Waals surface area contributed by atoms with Crippen LogP contribution in [0.5, 0.6) is 0 Å². The number of carbonyl (C=O) groups is 2. The first-order chi connectivity index (χ1) is 9.32. The number of amides is 2. The largest absolute Gasteiger partial charge is 0.481 e. The average molecular weight is 298 g/mol. The van der Waals surface area contributed by atoms with Crippen LogP contribution in [0, 0.1) is 11.8 Å². The molecule has 0 spiro atoms. The van der Waals surface area contributed by atoms with Crippen molar-refractivity contribution in [1.82, 2.24) is 10.2 Å². The lowest BCUT2D eigenvalue weighted by molar-refractivity contribution is -0.141. The number of thiophene rings is 1. The average Bonchev–Trinajstić information content (AvgIpc) is 2.88. The third-order valence-electron chi connectivity index (χ3n) is 3.11. The summed E-state index contributed by atoms with van der Waals surface area (Å²) in [5, 5.41) is 13.8. The van der Waals surface area contributed by atoms with Gasteiger partial charge in [-0.15, -0.1) is 11.3 Å². The van der Waals surface area contributed by atoms with Crippen LogP contribution in [-0.4, -0.2) is 35.6 Å². The van der Waals surface area contributed by atoms with Gasteiger partial charge in [0.1, 0.15) is 0 Å². The van der Waals surface area contributed by atoms with Gasteiger partial charge in [-0.05, 0) is 17.4 Å². The van der Waals surface area contributed by atoms with Crippen LogP contribution in [0.15, 0.2) is 17.5 Å². The lowest BCUT2D eigenvalue weighted by Gasteiger charge is -2.26. The minimum Gasteiger partial charge on any atom is -0.481 e. The van der Waals surface area contributed by atoms with Gasteiger partial charge in [0.15, 0.2) is 0 Å². The Labute approximate surface area is 123 Å². The summed E-state index contributed by atoms with van der Waals surface area (Å²) in [6, 6.07) is 3.66. The molecule has 2 N–H and O–H groups in total. The molecule has 0 aliphatic rings. The summed E-state index contributed by atoms with van der Waals surface area (Å²) in [6.07, 6.45) is 0.